The van der Waals surface area contributed by atoms with Crippen LogP contribution < -0.4 is 15.8 Å². The molecule has 0 aliphatic rings. The molecule has 0 bridgehead atoms. The summed E-state index contributed by atoms with van der Waals surface area (Å²) in [7, 11) is 0. The van der Waals surface area contributed by atoms with Crippen molar-refractivity contribution in [3.8, 4) is 5.75 Å². The van der Waals surface area contributed by atoms with E-state index in [1.165, 1.54) is 0 Å². The molecule has 112 valence electrons. The number of hydrogen-bond acceptors (Lipinski definition) is 3. The summed E-state index contributed by atoms with van der Waals surface area (Å²) in [4.78, 5) is 11.9. The van der Waals surface area contributed by atoms with Gasteiger partial charge in [-0.1, -0.05) is 31.5 Å². The van der Waals surface area contributed by atoms with Crippen molar-refractivity contribution < 1.29 is 9.53 Å². The van der Waals surface area contributed by atoms with E-state index in [0.29, 0.717) is 19.6 Å². The molecule has 0 radical (unpaired) electrons. The SMILES string of the molecule is CCCC(C)(N)C(=O)NCCCOc1ccccc1C. The van der Waals surface area contributed by atoms with Crippen molar-refractivity contribution in [2.75, 3.05) is 13.2 Å². The fourth-order valence-corrected chi connectivity index (χ4v) is 2.01. The van der Waals surface area contributed by atoms with E-state index < -0.39 is 5.54 Å². The number of hydrogen-bond donors (Lipinski definition) is 2. The van der Waals surface area contributed by atoms with E-state index in [1.54, 1.807) is 6.92 Å². The number of carbonyl (C=O) groups is 1. The molecule has 1 unspecified atom stereocenters. The fourth-order valence-electron chi connectivity index (χ4n) is 2.01. The third kappa shape index (κ3) is 5.21. The summed E-state index contributed by atoms with van der Waals surface area (Å²) in [6.07, 6.45) is 2.36. The van der Waals surface area contributed by atoms with Crippen LogP contribution in [0.1, 0.15) is 38.7 Å². The first kappa shape index (κ1) is 16.5. The zero-order valence-corrected chi connectivity index (χ0v) is 12.7. The van der Waals surface area contributed by atoms with Gasteiger partial charge in [-0.25, -0.2) is 0 Å². The van der Waals surface area contributed by atoms with E-state index in [4.69, 9.17) is 10.5 Å². The molecule has 3 N–H and O–H groups in total. The first-order chi connectivity index (χ1) is 9.47. The molecule has 1 atom stereocenters. The summed E-state index contributed by atoms with van der Waals surface area (Å²) in [5.41, 5.74) is 6.30. The average molecular weight is 278 g/mol. The molecule has 0 saturated heterocycles. The molecule has 1 rings (SSSR count). The van der Waals surface area contributed by atoms with Gasteiger partial charge in [0.1, 0.15) is 5.75 Å². The minimum atomic E-state index is -0.772. The van der Waals surface area contributed by atoms with Crippen LogP contribution in [0.3, 0.4) is 0 Å². The van der Waals surface area contributed by atoms with E-state index in [-0.39, 0.29) is 5.91 Å². The maximum atomic E-state index is 11.9. The summed E-state index contributed by atoms with van der Waals surface area (Å²) >= 11 is 0. The summed E-state index contributed by atoms with van der Waals surface area (Å²) in [5.74, 6) is 0.809. The molecule has 1 amide bonds. The van der Waals surface area contributed by atoms with E-state index in [2.05, 4.69) is 5.32 Å². The molecule has 0 aliphatic carbocycles. The molecule has 0 aliphatic heterocycles. The second-order valence-electron chi connectivity index (χ2n) is 5.39. The van der Waals surface area contributed by atoms with Crippen LogP contribution >= 0.6 is 0 Å². The zero-order chi connectivity index (χ0) is 15.0. The molecule has 4 nitrogen and oxygen atoms in total. The maximum absolute atomic E-state index is 11.9. The second-order valence-corrected chi connectivity index (χ2v) is 5.39. The highest BCUT2D eigenvalue weighted by molar-refractivity contribution is 5.85. The van der Waals surface area contributed by atoms with Crippen molar-refractivity contribution in [2.45, 2.75) is 45.6 Å². The second kappa shape index (κ2) is 7.90. The fraction of sp³-hybridized carbons (Fsp3) is 0.562. The Bertz CT molecular complexity index is 430. The minimum absolute atomic E-state index is 0.0877. The van der Waals surface area contributed by atoms with Crippen molar-refractivity contribution in [3.05, 3.63) is 29.8 Å². The van der Waals surface area contributed by atoms with Crippen LogP contribution in [0.5, 0.6) is 5.75 Å². The lowest BCUT2D eigenvalue weighted by atomic mass is 9.96. The molecule has 1 aromatic carbocycles. The molecule has 0 heterocycles. The predicted molar refractivity (Wildman–Crippen MR) is 81.8 cm³/mol. The van der Waals surface area contributed by atoms with Crippen LogP contribution in [0.4, 0.5) is 0 Å². The lowest BCUT2D eigenvalue weighted by molar-refractivity contribution is -0.126. The topological polar surface area (TPSA) is 64.4 Å². The van der Waals surface area contributed by atoms with Crippen LogP contribution in [0, 0.1) is 6.92 Å². The van der Waals surface area contributed by atoms with Gasteiger partial charge in [0.25, 0.3) is 0 Å². The Morgan fingerprint density at radius 1 is 1.40 bits per heavy atom. The summed E-state index contributed by atoms with van der Waals surface area (Å²) < 4.78 is 5.67. The molecule has 0 fully saturated rings. The Morgan fingerprint density at radius 3 is 2.75 bits per heavy atom. The Labute approximate surface area is 121 Å². The van der Waals surface area contributed by atoms with Gasteiger partial charge < -0.3 is 15.8 Å². The quantitative estimate of drug-likeness (QED) is 0.718. The number of amides is 1. The molecule has 0 aromatic heterocycles. The summed E-state index contributed by atoms with van der Waals surface area (Å²) in [5, 5.41) is 2.86. The van der Waals surface area contributed by atoms with Crippen molar-refractivity contribution in [2.24, 2.45) is 5.73 Å². The van der Waals surface area contributed by atoms with Gasteiger partial charge in [-0.15, -0.1) is 0 Å². The van der Waals surface area contributed by atoms with Gasteiger partial charge >= 0.3 is 0 Å². The van der Waals surface area contributed by atoms with Crippen LogP contribution in [-0.2, 0) is 4.79 Å². The standard InChI is InChI=1S/C16H26N2O2/c1-4-10-16(3,17)15(19)18-11-7-12-20-14-9-6-5-8-13(14)2/h5-6,8-9H,4,7,10-12,17H2,1-3H3,(H,18,19). The number of ether oxygens (including phenoxy) is 1. The van der Waals surface area contributed by atoms with Gasteiger partial charge in [-0.3, -0.25) is 4.79 Å². The number of carbonyl (C=O) groups excluding carboxylic acids is 1. The van der Waals surface area contributed by atoms with Gasteiger partial charge in [0.05, 0.1) is 12.1 Å². The van der Waals surface area contributed by atoms with Crippen LogP contribution in [0.25, 0.3) is 0 Å². The van der Waals surface area contributed by atoms with Gasteiger partial charge in [0, 0.05) is 6.54 Å². The lowest BCUT2D eigenvalue weighted by Crippen LogP contribution is -2.51. The minimum Gasteiger partial charge on any atom is -0.493 e. The first-order valence-electron chi connectivity index (χ1n) is 7.23. The first-order valence-corrected chi connectivity index (χ1v) is 7.23. The Balaban J connectivity index is 2.23. The molecule has 0 spiro atoms. The number of aryl methyl sites for hydroxylation is 1. The Kier molecular flexibility index (Phi) is 6.52. The number of rotatable bonds is 8. The molecular weight excluding hydrogens is 252 g/mol. The van der Waals surface area contributed by atoms with E-state index in [9.17, 15) is 4.79 Å². The highest BCUT2D eigenvalue weighted by Gasteiger charge is 2.26. The van der Waals surface area contributed by atoms with Gasteiger partial charge in [0.2, 0.25) is 5.91 Å². The molecule has 4 heteroatoms. The molecule has 1 aromatic rings. The van der Waals surface area contributed by atoms with E-state index >= 15 is 0 Å². The number of nitrogens with two attached hydrogens (primary N) is 1. The maximum Gasteiger partial charge on any atom is 0.239 e. The van der Waals surface area contributed by atoms with Crippen LogP contribution in [0.15, 0.2) is 24.3 Å². The average Bonchev–Trinajstić information content (AvgIpc) is 2.40. The summed E-state index contributed by atoms with van der Waals surface area (Å²) in [6.45, 7) is 6.98. The van der Waals surface area contributed by atoms with Crippen molar-refractivity contribution >= 4 is 5.91 Å². The van der Waals surface area contributed by atoms with Gasteiger partial charge in [-0.2, -0.15) is 0 Å². The largest absolute Gasteiger partial charge is 0.493 e. The smallest absolute Gasteiger partial charge is 0.239 e. The third-order valence-electron chi connectivity index (χ3n) is 3.25. The van der Waals surface area contributed by atoms with Crippen LogP contribution in [0.2, 0.25) is 0 Å². The molecular formula is C16H26N2O2. The zero-order valence-electron chi connectivity index (χ0n) is 12.7. The van der Waals surface area contributed by atoms with Gasteiger partial charge in [-0.05, 0) is 38.3 Å². The van der Waals surface area contributed by atoms with Crippen LogP contribution in [-0.4, -0.2) is 24.6 Å². The lowest BCUT2D eigenvalue weighted by Gasteiger charge is -2.22. The molecule has 0 saturated carbocycles. The van der Waals surface area contributed by atoms with Crippen molar-refractivity contribution in [1.29, 1.82) is 0 Å². The number of para-hydroxylation sites is 1. The normalized spacial score (nSPS) is 13.6. The number of nitrogens with one attached hydrogen (secondary N) is 1. The predicted octanol–water partition coefficient (Wildman–Crippen LogP) is 2.40. The van der Waals surface area contributed by atoms with Crippen molar-refractivity contribution in [1.82, 2.24) is 5.32 Å². The monoisotopic (exact) mass is 278 g/mol. The van der Waals surface area contributed by atoms with E-state index in [0.717, 1.165) is 24.2 Å². The highest BCUT2D eigenvalue weighted by Crippen LogP contribution is 2.16. The number of benzene rings is 1. The summed E-state index contributed by atoms with van der Waals surface area (Å²) in [6, 6.07) is 7.90. The Morgan fingerprint density at radius 2 is 2.10 bits per heavy atom. The highest BCUT2D eigenvalue weighted by atomic mass is 16.5. The molecule has 20 heavy (non-hydrogen) atoms. The Hall–Kier alpha value is -1.55. The van der Waals surface area contributed by atoms with E-state index in [1.807, 2.05) is 38.1 Å². The third-order valence-corrected chi connectivity index (χ3v) is 3.25. The van der Waals surface area contributed by atoms with Crippen molar-refractivity contribution in [3.63, 3.8) is 0 Å². The van der Waals surface area contributed by atoms with Gasteiger partial charge in [0.15, 0.2) is 0 Å².